The number of hydrogen-bond acceptors (Lipinski definition) is 1. The van der Waals surface area contributed by atoms with Crippen molar-refractivity contribution in [2.24, 2.45) is 34.5 Å². The third-order valence-corrected chi connectivity index (χ3v) is 9.10. The highest BCUT2D eigenvalue weighted by atomic mass is 16.1. The van der Waals surface area contributed by atoms with Crippen LogP contribution in [0, 0.1) is 34.5 Å². The molecule has 5 unspecified atom stereocenters. The van der Waals surface area contributed by atoms with Gasteiger partial charge in [-0.15, -0.1) is 0 Å². The smallest absolute Gasteiger partial charge is 0.156 e. The molecule has 154 valence electrons. The lowest BCUT2D eigenvalue weighted by molar-refractivity contribution is -0.116. The van der Waals surface area contributed by atoms with Gasteiger partial charge in [0.15, 0.2) is 5.78 Å². The molecule has 1 fully saturated rings. The maximum atomic E-state index is 12.0. The van der Waals surface area contributed by atoms with Crippen LogP contribution in [0.15, 0.2) is 34.9 Å². The molecule has 1 nitrogen and oxygen atoms in total. The molecule has 0 spiro atoms. The fraction of sp³-hybridized carbons (Fsp3) is 0.741. The largest absolute Gasteiger partial charge is 0.295 e. The van der Waals surface area contributed by atoms with Crippen LogP contribution in [-0.2, 0) is 4.79 Å². The first-order valence-corrected chi connectivity index (χ1v) is 11.9. The van der Waals surface area contributed by atoms with Crippen LogP contribution in [0.25, 0.3) is 0 Å². The number of hydrogen-bond donors (Lipinski definition) is 0. The molecule has 0 bridgehead atoms. The number of rotatable bonds is 5. The predicted octanol–water partition coefficient (Wildman–Crippen LogP) is 7.44. The van der Waals surface area contributed by atoms with Gasteiger partial charge in [-0.3, -0.25) is 4.79 Å². The van der Waals surface area contributed by atoms with Crippen LogP contribution in [0.2, 0.25) is 0 Å². The Morgan fingerprint density at radius 1 is 1.00 bits per heavy atom. The standard InChI is InChI=1S/C27H40O/c1-18(2)7-6-8-19(3)23-11-12-24-22-10-9-20-17-21(28)13-15-26(20,4)25(22)14-16-27(23,24)5/h9-10,17-19,23,25H,6-8,11-16H2,1-5H3. The molecule has 0 radical (unpaired) electrons. The van der Waals surface area contributed by atoms with Crippen molar-refractivity contribution in [3.63, 3.8) is 0 Å². The van der Waals surface area contributed by atoms with E-state index in [2.05, 4.69) is 46.8 Å². The van der Waals surface area contributed by atoms with Crippen LogP contribution in [0.4, 0.5) is 0 Å². The van der Waals surface area contributed by atoms with Crippen LogP contribution in [0.1, 0.15) is 92.4 Å². The first-order valence-electron chi connectivity index (χ1n) is 11.9. The first kappa shape index (κ1) is 20.2. The molecule has 0 aromatic heterocycles. The van der Waals surface area contributed by atoms with E-state index >= 15 is 0 Å². The van der Waals surface area contributed by atoms with Crippen LogP contribution < -0.4 is 0 Å². The minimum atomic E-state index is 0.188. The summed E-state index contributed by atoms with van der Waals surface area (Å²) in [7, 11) is 0. The van der Waals surface area contributed by atoms with Gasteiger partial charge >= 0.3 is 0 Å². The summed E-state index contributed by atoms with van der Waals surface area (Å²) in [5.41, 5.74) is 5.36. The maximum Gasteiger partial charge on any atom is 0.156 e. The molecule has 0 aliphatic heterocycles. The topological polar surface area (TPSA) is 17.1 Å². The van der Waals surface area contributed by atoms with Crippen LogP contribution in [-0.4, -0.2) is 5.78 Å². The van der Waals surface area contributed by atoms with Crippen molar-refractivity contribution < 1.29 is 4.79 Å². The van der Waals surface area contributed by atoms with Gasteiger partial charge in [0.05, 0.1) is 0 Å². The number of fused-ring (bicyclic) bond motifs is 4. The second-order valence-corrected chi connectivity index (χ2v) is 11.2. The minimum Gasteiger partial charge on any atom is -0.295 e. The van der Waals surface area contributed by atoms with Gasteiger partial charge in [0.2, 0.25) is 0 Å². The fourth-order valence-electron chi connectivity index (χ4n) is 7.32. The second kappa shape index (κ2) is 7.29. The van der Waals surface area contributed by atoms with Gasteiger partial charge < -0.3 is 0 Å². The Morgan fingerprint density at radius 3 is 2.54 bits per heavy atom. The highest BCUT2D eigenvalue weighted by molar-refractivity contribution is 5.92. The van der Waals surface area contributed by atoms with Crippen molar-refractivity contribution in [1.29, 1.82) is 0 Å². The summed E-state index contributed by atoms with van der Waals surface area (Å²) in [4.78, 5) is 12.0. The lowest BCUT2D eigenvalue weighted by Crippen LogP contribution is -2.41. The molecular weight excluding hydrogens is 340 g/mol. The number of carbonyl (C=O) groups is 1. The van der Waals surface area contributed by atoms with Crippen molar-refractivity contribution in [1.82, 2.24) is 0 Å². The van der Waals surface area contributed by atoms with E-state index in [1.54, 1.807) is 11.1 Å². The van der Waals surface area contributed by atoms with Crippen molar-refractivity contribution in [2.45, 2.75) is 92.4 Å². The van der Waals surface area contributed by atoms with Crippen LogP contribution in [0.5, 0.6) is 0 Å². The SMILES string of the molecule is CC(C)CCCC(C)C1CCC2=C3C=CC4=CC(=O)CCC4(C)C3CCC21C. The molecular formula is C27H40O. The van der Waals surface area contributed by atoms with E-state index in [1.165, 1.54) is 50.5 Å². The molecule has 0 aromatic rings. The van der Waals surface area contributed by atoms with Gasteiger partial charge in [-0.05, 0) is 83.8 Å². The van der Waals surface area contributed by atoms with Crippen molar-refractivity contribution in [2.75, 3.05) is 0 Å². The first-order chi connectivity index (χ1) is 13.3. The molecule has 1 heteroatoms. The quantitative estimate of drug-likeness (QED) is 0.484. The van der Waals surface area contributed by atoms with Gasteiger partial charge in [-0.25, -0.2) is 0 Å². The molecule has 28 heavy (non-hydrogen) atoms. The number of carbonyl (C=O) groups excluding carboxylic acids is 1. The number of allylic oxidation sites excluding steroid dienone is 6. The molecule has 0 heterocycles. The highest BCUT2D eigenvalue weighted by Gasteiger charge is 2.53. The average Bonchev–Trinajstić information content (AvgIpc) is 2.99. The lowest BCUT2D eigenvalue weighted by atomic mass is 9.53. The Bertz CT molecular complexity index is 735. The molecule has 0 N–H and O–H groups in total. The molecule has 1 saturated carbocycles. The van der Waals surface area contributed by atoms with E-state index in [9.17, 15) is 4.79 Å². The Labute approximate surface area is 172 Å². The molecule has 4 aliphatic rings. The van der Waals surface area contributed by atoms with E-state index in [4.69, 9.17) is 0 Å². The molecule has 4 rings (SSSR count). The number of ketones is 1. The van der Waals surface area contributed by atoms with E-state index in [1.807, 2.05) is 6.08 Å². The normalized spacial score (nSPS) is 38.2. The zero-order chi connectivity index (χ0) is 20.1. The van der Waals surface area contributed by atoms with E-state index < -0.39 is 0 Å². The molecule has 0 saturated heterocycles. The van der Waals surface area contributed by atoms with Crippen molar-refractivity contribution in [3.05, 3.63) is 34.9 Å². The van der Waals surface area contributed by atoms with E-state index in [0.717, 1.165) is 30.6 Å². The van der Waals surface area contributed by atoms with E-state index in [0.29, 0.717) is 17.1 Å². The van der Waals surface area contributed by atoms with Gasteiger partial charge in [0, 0.05) is 6.42 Å². The highest BCUT2D eigenvalue weighted by Crippen LogP contribution is 2.63. The van der Waals surface area contributed by atoms with Crippen LogP contribution >= 0.6 is 0 Å². The van der Waals surface area contributed by atoms with Gasteiger partial charge in [-0.2, -0.15) is 0 Å². The summed E-state index contributed by atoms with van der Waals surface area (Å²) in [6.07, 6.45) is 17.9. The third kappa shape index (κ3) is 3.17. The Hall–Kier alpha value is -1.11. The monoisotopic (exact) mass is 380 g/mol. The van der Waals surface area contributed by atoms with Gasteiger partial charge in [0.1, 0.15) is 0 Å². The Balaban J connectivity index is 1.61. The zero-order valence-electron chi connectivity index (χ0n) is 18.8. The molecule has 5 atom stereocenters. The lowest BCUT2D eigenvalue weighted by Gasteiger charge is -2.51. The minimum absolute atomic E-state index is 0.188. The Morgan fingerprint density at radius 2 is 1.79 bits per heavy atom. The van der Waals surface area contributed by atoms with E-state index in [-0.39, 0.29) is 5.41 Å². The predicted molar refractivity (Wildman–Crippen MR) is 118 cm³/mol. The van der Waals surface area contributed by atoms with Crippen molar-refractivity contribution in [3.8, 4) is 0 Å². The Kier molecular flexibility index (Phi) is 5.26. The molecule has 0 amide bonds. The van der Waals surface area contributed by atoms with Crippen LogP contribution in [0.3, 0.4) is 0 Å². The zero-order valence-corrected chi connectivity index (χ0v) is 18.8. The second-order valence-electron chi connectivity index (χ2n) is 11.2. The summed E-state index contributed by atoms with van der Waals surface area (Å²) < 4.78 is 0. The summed E-state index contributed by atoms with van der Waals surface area (Å²) in [5, 5.41) is 0. The van der Waals surface area contributed by atoms with Crippen molar-refractivity contribution >= 4 is 5.78 Å². The fourth-order valence-corrected chi connectivity index (χ4v) is 7.32. The maximum absolute atomic E-state index is 12.0. The summed E-state index contributed by atoms with van der Waals surface area (Å²) in [6, 6.07) is 0. The molecule has 0 aromatic carbocycles. The van der Waals surface area contributed by atoms with Gasteiger partial charge in [0.25, 0.3) is 0 Å². The van der Waals surface area contributed by atoms with Gasteiger partial charge in [-0.1, -0.05) is 71.6 Å². The third-order valence-electron chi connectivity index (χ3n) is 9.10. The summed E-state index contributed by atoms with van der Waals surface area (Å²) >= 11 is 0. The summed E-state index contributed by atoms with van der Waals surface area (Å²) in [6.45, 7) is 12.3. The average molecular weight is 381 g/mol. The molecule has 4 aliphatic carbocycles. The summed E-state index contributed by atoms with van der Waals surface area (Å²) in [5.74, 6) is 3.48.